The summed E-state index contributed by atoms with van der Waals surface area (Å²) in [6, 6.07) is 11.3. The second kappa shape index (κ2) is 9.03. The predicted molar refractivity (Wildman–Crippen MR) is 103 cm³/mol. The normalized spacial score (nSPS) is 14.8. The van der Waals surface area contributed by atoms with E-state index in [1.165, 1.54) is 29.3 Å². The molecule has 0 aliphatic carbocycles. The van der Waals surface area contributed by atoms with E-state index < -0.39 is 6.36 Å². The number of carbonyl (C=O) groups excluding carboxylic acids is 1. The molecule has 30 heavy (non-hydrogen) atoms. The first kappa shape index (κ1) is 21.4. The minimum absolute atomic E-state index is 0.0302. The van der Waals surface area contributed by atoms with E-state index in [1.54, 1.807) is 25.2 Å². The molecule has 1 aliphatic heterocycles. The lowest BCUT2D eigenvalue weighted by Gasteiger charge is -2.34. The maximum Gasteiger partial charge on any atom is 0.573 e. The Kier molecular flexibility index (Phi) is 6.45. The predicted octanol–water partition coefficient (Wildman–Crippen LogP) is 3.73. The van der Waals surface area contributed by atoms with Gasteiger partial charge in [0.1, 0.15) is 17.6 Å². The molecule has 1 aromatic carbocycles. The third kappa shape index (κ3) is 5.41. The number of rotatable bonds is 5. The third-order valence-corrected chi connectivity index (χ3v) is 5.03. The topological polar surface area (TPSA) is 69.5 Å². The lowest BCUT2D eigenvalue weighted by atomic mass is 9.95. The van der Waals surface area contributed by atoms with Crippen molar-refractivity contribution in [2.75, 3.05) is 25.0 Å². The summed E-state index contributed by atoms with van der Waals surface area (Å²) in [5, 5.41) is 8.86. The fourth-order valence-electron chi connectivity index (χ4n) is 3.50. The number of anilines is 1. The van der Waals surface area contributed by atoms with Gasteiger partial charge in [-0.2, -0.15) is 5.26 Å². The fraction of sp³-hybridized carbons (Fsp3) is 0.381. The monoisotopic (exact) mass is 418 g/mol. The maximum absolute atomic E-state index is 12.8. The van der Waals surface area contributed by atoms with Gasteiger partial charge in [-0.15, -0.1) is 13.2 Å². The first-order valence-electron chi connectivity index (χ1n) is 9.46. The average molecular weight is 418 g/mol. The molecule has 0 bridgehead atoms. The van der Waals surface area contributed by atoms with Crippen LogP contribution in [0.1, 0.15) is 24.0 Å². The molecule has 6 nitrogen and oxygen atoms in total. The largest absolute Gasteiger partial charge is 0.573 e. The van der Waals surface area contributed by atoms with Crippen LogP contribution >= 0.6 is 0 Å². The van der Waals surface area contributed by atoms with Gasteiger partial charge in [0.25, 0.3) is 0 Å². The number of nitriles is 1. The van der Waals surface area contributed by atoms with Crippen LogP contribution in [0.15, 0.2) is 42.6 Å². The molecule has 1 amide bonds. The van der Waals surface area contributed by atoms with Gasteiger partial charge in [0.05, 0.1) is 5.56 Å². The van der Waals surface area contributed by atoms with Gasteiger partial charge in [-0.1, -0.05) is 18.2 Å². The molecule has 2 aromatic rings. The zero-order chi connectivity index (χ0) is 21.7. The van der Waals surface area contributed by atoms with Crippen LogP contribution in [0, 0.1) is 17.2 Å². The van der Waals surface area contributed by atoms with Crippen LogP contribution in [0.4, 0.5) is 19.0 Å². The van der Waals surface area contributed by atoms with E-state index in [9.17, 15) is 18.0 Å². The van der Waals surface area contributed by atoms with Crippen LogP contribution in [-0.4, -0.2) is 42.3 Å². The van der Waals surface area contributed by atoms with Crippen LogP contribution in [0.5, 0.6) is 5.75 Å². The van der Waals surface area contributed by atoms with Gasteiger partial charge in [0, 0.05) is 44.4 Å². The zero-order valence-electron chi connectivity index (χ0n) is 16.4. The number of para-hydroxylation sites is 1. The smallest absolute Gasteiger partial charge is 0.405 e. The molecule has 3 rings (SSSR count). The van der Waals surface area contributed by atoms with Crippen molar-refractivity contribution in [3.05, 3.63) is 53.7 Å². The van der Waals surface area contributed by atoms with Gasteiger partial charge in [-0.25, -0.2) is 4.98 Å². The van der Waals surface area contributed by atoms with Crippen molar-refractivity contribution >= 4 is 11.7 Å². The van der Waals surface area contributed by atoms with Crippen molar-refractivity contribution in [1.82, 2.24) is 9.88 Å². The lowest BCUT2D eigenvalue weighted by Crippen LogP contribution is -2.41. The van der Waals surface area contributed by atoms with Crippen molar-refractivity contribution in [3.8, 4) is 11.8 Å². The first-order valence-corrected chi connectivity index (χ1v) is 9.46. The van der Waals surface area contributed by atoms with Crippen LogP contribution in [-0.2, 0) is 11.3 Å². The molecule has 0 unspecified atom stereocenters. The molecule has 2 heterocycles. The molecule has 0 saturated carbocycles. The second-order valence-electron chi connectivity index (χ2n) is 7.13. The van der Waals surface area contributed by atoms with Gasteiger partial charge in [0.15, 0.2) is 0 Å². The van der Waals surface area contributed by atoms with E-state index in [0.717, 1.165) is 5.82 Å². The van der Waals surface area contributed by atoms with Crippen molar-refractivity contribution in [2.45, 2.75) is 25.7 Å². The maximum atomic E-state index is 12.8. The minimum Gasteiger partial charge on any atom is -0.405 e. The van der Waals surface area contributed by atoms with Crippen molar-refractivity contribution in [2.24, 2.45) is 5.92 Å². The number of carbonyl (C=O) groups is 1. The standard InChI is InChI=1S/C21H21F3N4O2/c1-27(14-17-4-2-3-5-18(17)30-21(22,23)24)20(29)16-8-10-28(11-9-16)19-7-6-15(12-25)13-26-19/h2-7,13,16H,8-11,14H2,1H3. The molecule has 0 radical (unpaired) electrons. The number of pyridine rings is 1. The SMILES string of the molecule is CN(Cc1ccccc1OC(F)(F)F)C(=O)C1CCN(c2ccc(C#N)cn2)CC1. The van der Waals surface area contributed by atoms with E-state index in [0.29, 0.717) is 37.1 Å². The summed E-state index contributed by atoms with van der Waals surface area (Å²) in [5.41, 5.74) is 0.783. The molecule has 9 heteroatoms. The van der Waals surface area contributed by atoms with Gasteiger partial charge >= 0.3 is 6.36 Å². The number of amides is 1. The molecule has 158 valence electrons. The lowest BCUT2D eigenvalue weighted by molar-refractivity contribution is -0.275. The number of benzene rings is 1. The molecule has 0 N–H and O–H groups in total. The Bertz CT molecular complexity index is 917. The summed E-state index contributed by atoms with van der Waals surface area (Å²) >= 11 is 0. The average Bonchev–Trinajstić information content (AvgIpc) is 2.74. The van der Waals surface area contributed by atoms with Crippen LogP contribution in [0.25, 0.3) is 0 Å². The molecule has 0 spiro atoms. The molecule has 1 aliphatic rings. The van der Waals surface area contributed by atoms with E-state index in [1.807, 2.05) is 6.07 Å². The molecular formula is C21H21F3N4O2. The van der Waals surface area contributed by atoms with E-state index >= 15 is 0 Å². The summed E-state index contributed by atoms with van der Waals surface area (Å²) in [5.74, 6) is 0.141. The number of ether oxygens (including phenoxy) is 1. The quantitative estimate of drug-likeness (QED) is 0.740. The van der Waals surface area contributed by atoms with Crippen molar-refractivity contribution in [3.63, 3.8) is 0 Å². The van der Waals surface area contributed by atoms with E-state index in [-0.39, 0.29) is 24.1 Å². The zero-order valence-corrected chi connectivity index (χ0v) is 16.4. The molecule has 1 aromatic heterocycles. The van der Waals surface area contributed by atoms with Gasteiger partial charge in [0.2, 0.25) is 5.91 Å². The van der Waals surface area contributed by atoms with Crippen LogP contribution in [0.2, 0.25) is 0 Å². The summed E-state index contributed by atoms with van der Waals surface area (Å²) in [4.78, 5) is 20.6. The molecule has 1 saturated heterocycles. The van der Waals surface area contributed by atoms with Gasteiger partial charge < -0.3 is 14.5 Å². The highest BCUT2D eigenvalue weighted by molar-refractivity contribution is 5.79. The minimum atomic E-state index is -4.79. The van der Waals surface area contributed by atoms with E-state index in [2.05, 4.69) is 14.6 Å². The summed E-state index contributed by atoms with van der Waals surface area (Å²) in [6.07, 6.45) is -2.04. The van der Waals surface area contributed by atoms with Crippen molar-refractivity contribution in [1.29, 1.82) is 5.26 Å². The fourth-order valence-corrected chi connectivity index (χ4v) is 3.50. The van der Waals surface area contributed by atoms with Crippen molar-refractivity contribution < 1.29 is 22.7 Å². The summed E-state index contributed by atoms with van der Waals surface area (Å²) in [6.45, 7) is 1.30. The summed E-state index contributed by atoms with van der Waals surface area (Å²) in [7, 11) is 1.58. The van der Waals surface area contributed by atoms with Gasteiger partial charge in [-0.3, -0.25) is 4.79 Å². The van der Waals surface area contributed by atoms with Gasteiger partial charge in [-0.05, 0) is 31.0 Å². The Morgan fingerprint density at radius 1 is 1.27 bits per heavy atom. The number of halogens is 3. The van der Waals surface area contributed by atoms with Crippen LogP contribution in [0.3, 0.4) is 0 Å². The highest BCUT2D eigenvalue weighted by atomic mass is 19.4. The number of piperidine rings is 1. The Balaban J connectivity index is 1.58. The Labute approximate surface area is 172 Å². The Morgan fingerprint density at radius 2 is 1.97 bits per heavy atom. The first-order chi connectivity index (χ1) is 14.3. The summed E-state index contributed by atoms with van der Waals surface area (Å²) < 4.78 is 41.9. The van der Waals surface area contributed by atoms with Crippen LogP contribution < -0.4 is 9.64 Å². The third-order valence-electron chi connectivity index (χ3n) is 5.03. The number of aromatic nitrogens is 1. The highest BCUT2D eigenvalue weighted by Crippen LogP contribution is 2.28. The Hall–Kier alpha value is -3.28. The number of hydrogen-bond acceptors (Lipinski definition) is 5. The molecule has 0 atom stereocenters. The molecule has 1 fully saturated rings. The number of alkyl halides is 3. The number of nitrogens with zero attached hydrogens (tertiary/aromatic N) is 4. The Morgan fingerprint density at radius 3 is 2.57 bits per heavy atom. The second-order valence-corrected chi connectivity index (χ2v) is 7.13. The molecular weight excluding hydrogens is 397 g/mol. The van der Waals surface area contributed by atoms with E-state index in [4.69, 9.17) is 5.26 Å². The highest BCUT2D eigenvalue weighted by Gasteiger charge is 2.33. The number of hydrogen-bond donors (Lipinski definition) is 0.